The van der Waals surface area contributed by atoms with Gasteiger partial charge < -0.3 is 15.0 Å². The van der Waals surface area contributed by atoms with Crippen LogP contribution in [0.2, 0.25) is 0 Å². The monoisotopic (exact) mass is 366 g/mol. The van der Waals surface area contributed by atoms with Gasteiger partial charge in [-0.2, -0.15) is 0 Å². The van der Waals surface area contributed by atoms with Crippen LogP contribution in [0.3, 0.4) is 0 Å². The van der Waals surface area contributed by atoms with E-state index < -0.39 is 6.10 Å². The Labute approximate surface area is 160 Å². The third kappa shape index (κ3) is 4.35. The zero-order valence-electron chi connectivity index (χ0n) is 15.5. The van der Waals surface area contributed by atoms with Gasteiger partial charge in [0.15, 0.2) is 0 Å². The molecule has 3 heterocycles. The summed E-state index contributed by atoms with van der Waals surface area (Å²) in [5.41, 5.74) is 2.33. The summed E-state index contributed by atoms with van der Waals surface area (Å²) >= 11 is 0. The molecule has 0 spiro atoms. The zero-order chi connectivity index (χ0) is 18.5. The lowest BCUT2D eigenvalue weighted by Gasteiger charge is -2.40. The lowest BCUT2D eigenvalue weighted by atomic mass is 10.0. The van der Waals surface area contributed by atoms with Crippen LogP contribution in [0, 0.1) is 0 Å². The molecular weight excluding hydrogens is 340 g/mol. The summed E-state index contributed by atoms with van der Waals surface area (Å²) in [7, 11) is 0. The minimum atomic E-state index is -0.403. The van der Waals surface area contributed by atoms with Crippen LogP contribution in [-0.4, -0.2) is 66.1 Å². The van der Waals surface area contributed by atoms with Crippen molar-refractivity contribution in [3.63, 3.8) is 0 Å². The highest BCUT2D eigenvalue weighted by atomic mass is 16.5. The van der Waals surface area contributed by atoms with Gasteiger partial charge in [0.25, 0.3) is 5.91 Å². The summed E-state index contributed by atoms with van der Waals surface area (Å²) in [5, 5.41) is 3.39. The summed E-state index contributed by atoms with van der Waals surface area (Å²) in [4.78, 5) is 21.8. The molecule has 0 aliphatic carbocycles. The molecule has 4 rings (SSSR count). The fourth-order valence-electron chi connectivity index (χ4n) is 3.86. The summed E-state index contributed by atoms with van der Waals surface area (Å²) in [5.74, 6) is 0.0862. The van der Waals surface area contributed by atoms with Crippen LogP contribution in [0.25, 0.3) is 0 Å². The van der Waals surface area contributed by atoms with Gasteiger partial charge in [0.1, 0.15) is 6.10 Å². The molecule has 2 unspecified atom stereocenters. The number of carbonyl (C=O) groups is 1. The second kappa shape index (κ2) is 8.61. The number of nitrogens with one attached hydrogen (secondary N) is 1. The van der Waals surface area contributed by atoms with E-state index in [0.717, 1.165) is 31.7 Å². The van der Waals surface area contributed by atoms with Gasteiger partial charge in [0, 0.05) is 51.7 Å². The maximum Gasteiger partial charge on any atom is 0.253 e. The number of rotatable bonds is 4. The van der Waals surface area contributed by atoms with Crippen LogP contribution >= 0.6 is 0 Å². The molecule has 27 heavy (non-hydrogen) atoms. The minimum Gasteiger partial charge on any atom is -0.366 e. The van der Waals surface area contributed by atoms with Crippen molar-refractivity contribution in [2.24, 2.45) is 0 Å². The smallest absolute Gasteiger partial charge is 0.253 e. The van der Waals surface area contributed by atoms with E-state index in [1.54, 1.807) is 6.20 Å². The number of hydrogen-bond acceptors (Lipinski definition) is 5. The molecule has 6 heteroatoms. The van der Waals surface area contributed by atoms with E-state index in [-0.39, 0.29) is 11.9 Å². The molecule has 2 fully saturated rings. The molecule has 1 N–H and O–H groups in total. The van der Waals surface area contributed by atoms with E-state index in [0.29, 0.717) is 19.7 Å². The second-order valence-electron chi connectivity index (χ2n) is 7.12. The maximum absolute atomic E-state index is 13.3. The van der Waals surface area contributed by atoms with Crippen LogP contribution in [0.15, 0.2) is 54.9 Å². The quantitative estimate of drug-likeness (QED) is 0.888. The molecule has 1 aromatic carbocycles. The van der Waals surface area contributed by atoms with Crippen molar-refractivity contribution in [1.29, 1.82) is 0 Å². The van der Waals surface area contributed by atoms with Gasteiger partial charge in [-0.05, 0) is 17.2 Å². The number of benzene rings is 1. The molecule has 2 atom stereocenters. The number of piperazine rings is 1. The molecule has 142 valence electrons. The summed E-state index contributed by atoms with van der Waals surface area (Å²) < 4.78 is 5.88. The molecule has 2 aliphatic heterocycles. The second-order valence-corrected chi connectivity index (χ2v) is 7.12. The first-order chi connectivity index (χ1) is 13.3. The Morgan fingerprint density at radius 3 is 2.89 bits per heavy atom. The molecule has 1 aromatic heterocycles. The Hall–Kier alpha value is -2.28. The lowest BCUT2D eigenvalue weighted by Crippen LogP contribution is -2.56. The Balaban J connectivity index is 1.44. The number of ether oxygens (including phenoxy) is 1. The van der Waals surface area contributed by atoms with Gasteiger partial charge in [0.2, 0.25) is 0 Å². The number of hydrogen-bond donors (Lipinski definition) is 1. The molecule has 0 bridgehead atoms. The average molecular weight is 366 g/mol. The Bertz CT molecular complexity index is 740. The molecular formula is C21H26N4O2. The van der Waals surface area contributed by atoms with E-state index in [2.05, 4.69) is 39.5 Å². The van der Waals surface area contributed by atoms with Gasteiger partial charge in [-0.15, -0.1) is 0 Å². The van der Waals surface area contributed by atoms with Crippen LogP contribution in [-0.2, 0) is 16.1 Å². The first-order valence-corrected chi connectivity index (χ1v) is 9.60. The van der Waals surface area contributed by atoms with Gasteiger partial charge in [0.05, 0.1) is 12.6 Å². The third-order valence-electron chi connectivity index (χ3n) is 5.27. The van der Waals surface area contributed by atoms with Crippen LogP contribution in [0.4, 0.5) is 0 Å². The van der Waals surface area contributed by atoms with Crippen molar-refractivity contribution in [2.45, 2.75) is 18.7 Å². The normalized spacial score (nSPS) is 23.9. The highest BCUT2D eigenvalue weighted by Gasteiger charge is 2.35. The van der Waals surface area contributed by atoms with Crippen LogP contribution < -0.4 is 5.32 Å². The molecule has 1 amide bonds. The van der Waals surface area contributed by atoms with E-state index in [1.807, 2.05) is 29.3 Å². The third-order valence-corrected chi connectivity index (χ3v) is 5.27. The molecule has 0 radical (unpaired) electrons. The molecule has 2 aromatic rings. The Kier molecular flexibility index (Phi) is 5.77. The van der Waals surface area contributed by atoms with E-state index in [1.165, 1.54) is 5.56 Å². The zero-order valence-corrected chi connectivity index (χ0v) is 15.5. The predicted octanol–water partition coefficient (Wildman–Crippen LogP) is 1.46. The maximum atomic E-state index is 13.3. The highest BCUT2D eigenvalue weighted by molar-refractivity contribution is 5.82. The molecule has 2 aliphatic rings. The van der Waals surface area contributed by atoms with Crippen LogP contribution in [0.5, 0.6) is 0 Å². The number of nitrogens with zero attached hydrogens (tertiary/aromatic N) is 3. The summed E-state index contributed by atoms with van der Waals surface area (Å²) in [6.07, 6.45) is 3.21. The van der Waals surface area contributed by atoms with E-state index >= 15 is 0 Å². The van der Waals surface area contributed by atoms with Crippen molar-refractivity contribution in [1.82, 2.24) is 20.1 Å². The van der Waals surface area contributed by atoms with Gasteiger partial charge in [-0.25, -0.2) is 0 Å². The number of amides is 1. The molecule has 2 saturated heterocycles. The SMILES string of the molecule is O=C(C1CN(Cc2ccccc2)CCO1)N1CCNCC1c1cccnc1. The van der Waals surface area contributed by atoms with Crippen molar-refractivity contribution < 1.29 is 9.53 Å². The molecule has 0 saturated carbocycles. The van der Waals surface area contributed by atoms with E-state index in [4.69, 9.17) is 4.74 Å². The lowest BCUT2D eigenvalue weighted by molar-refractivity contribution is -0.153. The number of morpholine rings is 1. The fraction of sp³-hybridized carbons (Fsp3) is 0.429. The molecule has 6 nitrogen and oxygen atoms in total. The highest BCUT2D eigenvalue weighted by Crippen LogP contribution is 2.24. The largest absolute Gasteiger partial charge is 0.366 e. The first kappa shape index (κ1) is 18.1. The van der Waals surface area contributed by atoms with Crippen molar-refractivity contribution >= 4 is 5.91 Å². The summed E-state index contributed by atoms with van der Waals surface area (Å²) in [6, 6.07) is 14.3. The Morgan fingerprint density at radius 2 is 2.07 bits per heavy atom. The average Bonchev–Trinajstić information content (AvgIpc) is 2.75. The van der Waals surface area contributed by atoms with Crippen LogP contribution in [0.1, 0.15) is 17.2 Å². The van der Waals surface area contributed by atoms with Crippen molar-refractivity contribution in [3.8, 4) is 0 Å². The van der Waals surface area contributed by atoms with Crippen molar-refractivity contribution in [2.75, 3.05) is 39.3 Å². The minimum absolute atomic E-state index is 0.00745. The Morgan fingerprint density at radius 1 is 1.19 bits per heavy atom. The number of aromatic nitrogens is 1. The standard InChI is InChI=1S/C21H26N4O2/c26-21(25-10-9-23-14-19(25)18-7-4-8-22-13-18)20-16-24(11-12-27-20)15-17-5-2-1-3-6-17/h1-8,13,19-20,23H,9-12,14-16H2. The van der Waals surface area contributed by atoms with Crippen molar-refractivity contribution in [3.05, 3.63) is 66.0 Å². The predicted molar refractivity (Wildman–Crippen MR) is 103 cm³/mol. The fourth-order valence-corrected chi connectivity index (χ4v) is 3.86. The first-order valence-electron chi connectivity index (χ1n) is 9.60. The van der Waals surface area contributed by atoms with Gasteiger partial charge in [-0.1, -0.05) is 36.4 Å². The summed E-state index contributed by atoms with van der Waals surface area (Å²) in [6.45, 7) is 5.18. The van der Waals surface area contributed by atoms with Gasteiger partial charge >= 0.3 is 0 Å². The number of carbonyl (C=O) groups excluding carboxylic acids is 1. The van der Waals surface area contributed by atoms with Gasteiger partial charge in [-0.3, -0.25) is 14.7 Å². The van der Waals surface area contributed by atoms with E-state index in [9.17, 15) is 4.79 Å². The topological polar surface area (TPSA) is 57.7 Å². The number of pyridine rings is 1.